The van der Waals surface area contributed by atoms with Gasteiger partial charge in [0.25, 0.3) is 0 Å². The molecule has 144 valence electrons. The van der Waals surface area contributed by atoms with Crippen LogP contribution in [0.25, 0.3) is 0 Å². The fraction of sp³-hybridized carbons (Fsp3) is 0.750. The van der Waals surface area contributed by atoms with Crippen LogP contribution in [0.3, 0.4) is 0 Å². The van der Waals surface area contributed by atoms with E-state index < -0.39 is 11.9 Å². The molecule has 0 amide bonds. The van der Waals surface area contributed by atoms with E-state index in [4.69, 9.17) is 4.74 Å². The molecule has 0 fully saturated rings. The van der Waals surface area contributed by atoms with Gasteiger partial charge in [-0.25, -0.2) is 4.99 Å². The Morgan fingerprint density at radius 2 is 1.96 bits per heavy atom. The highest BCUT2D eigenvalue weighted by Gasteiger charge is 2.36. The molecule has 0 radical (unpaired) electrons. The number of aromatic nitrogens is 2. The number of halogens is 3. The van der Waals surface area contributed by atoms with Crippen LogP contribution >= 0.6 is 0 Å². The van der Waals surface area contributed by atoms with Gasteiger partial charge in [0.05, 0.1) is 6.54 Å². The molecule has 25 heavy (non-hydrogen) atoms. The van der Waals surface area contributed by atoms with Gasteiger partial charge in [-0.1, -0.05) is 13.3 Å². The Hall–Kier alpha value is -1.77. The number of nitrogens with one attached hydrogen (secondary N) is 2. The fourth-order valence-electron chi connectivity index (χ4n) is 2.13. The average Bonchev–Trinajstić information content (AvgIpc) is 2.93. The van der Waals surface area contributed by atoms with Crippen molar-refractivity contribution in [3.05, 3.63) is 17.5 Å². The Morgan fingerprint density at radius 1 is 1.24 bits per heavy atom. The van der Waals surface area contributed by atoms with Crippen LogP contribution in [-0.2, 0) is 24.5 Å². The lowest BCUT2D eigenvalue weighted by molar-refractivity contribution is -0.142. The number of guanidine groups is 1. The molecule has 0 aliphatic carbocycles. The van der Waals surface area contributed by atoms with Gasteiger partial charge in [0, 0.05) is 45.1 Å². The number of aliphatic imine (C=N–C) groups is 1. The lowest BCUT2D eigenvalue weighted by atomic mass is 10.2. The Morgan fingerprint density at radius 3 is 2.60 bits per heavy atom. The van der Waals surface area contributed by atoms with Gasteiger partial charge in [0.1, 0.15) is 0 Å². The van der Waals surface area contributed by atoms with E-state index >= 15 is 0 Å². The number of unbranched alkanes of at least 4 members (excludes halogenated alkanes) is 1. The van der Waals surface area contributed by atoms with Crippen molar-refractivity contribution in [2.45, 2.75) is 45.8 Å². The van der Waals surface area contributed by atoms with Crippen molar-refractivity contribution in [2.24, 2.45) is 12.0 Å². The maximum atomic E-state index is 12.9. The molecule has 0 atom stereocenters. The van der Waals surface area contributed by atoms with Crippen LogP contribution in [-0.4, -0.2) is 42.0 Å². The lowest BCUT2D eigenvalue weighted by Gasteiger charge is -2.11. The average molecular weight is 363 g/mol. The largest absolute Gasteiger partial charge is 0.435 e. The first-order chi connectivity index (χ1) is 11.9. The number of hydrogen-bond acceptors (Lipinski definition) is 3. The molecule has 1 aromatic heterocycles. The summed E-state index contributed by atoms with van der Waals surface area (Å²) in [7, 11) is 1.46. The van der Waals surface area contributed by atoms with Crippen LogP contribution in [0.15, 0.2) is 11.2 Å². The van der Waals surface area contributed by atoms with Gasteiger partial charge in [-0.05, 0) is 19.8 Å². The summed E-state index contributed by atoms with van der Waals surface area (Å²) in [5.41, 5.74) is -0.839. The van der Waals surface area contributed by atoms with Crippen LogP contribution < -0.4 is 10.6 Å². The minimum Gasteiger partial charge on any atom is -0.381 e. The molecule has 0 spiro atoms. The summed E-state index contributed by atoms with van der Waals surface area (Å²) in [6.07, 6.45) is -0.187. The van der Waals surface area contributed by atoms with Crippen molar-refractivity contribution < 1.29 is 17.9 Å². The summed E-state index contributed by atoms with van der Waals surface area (Å²) in [5.74, 6) is 0.480. The van der Waals surface area contributed by atoms with Gasteiger partial charge < -0.3 is 15.4 Å². The van der Waals surface area contributed by atoms with Gasteiger partial charge in [0.2, 0.25) is 0 Å². The van der Waals surface area contributed by atoms with Crippen LogP contribution in [0, 0.1) is 0 Å². The van der Waals surface area contributed by atoms with Crippen molar-refractivity contribution in [1.82, 2.24) is 20.4 Å². The first-order valence-electron chi connectivity index (χ1n) is 8.58. The molecule has 2 N–H and O–H groups in total. The second kappa shape index (κ2) is 11.0. The number of ether oxygens (including phenoxy) is 1. The molecule has 0 aliphatic heterocycles. The highest BCUT2D eigenvalue weighted by atomic mass is 19.4. The lowest BCUT2D eigenvalue weighted by Crippen LogP contribution is -2.38. The smallest absolute Gasteiger partial charge is 0.381 e. The molecule has 0 saturated heterocycles. The number of rotatable bonds is 10. The zero-order valence-electron chi connectivity index (χ0n) is 15.1. The Labute approximate surface area is 146 Å². The highest BCUT2D eigenvalue weighted by Crippen LogP contribution is 2.30. The molecule has 0 unspecified atom stereocenters. The predicted molar refractivity (Wildman–Crippen MR) is 91.4 cm³/mol. The molecule has 0 aromatic carbocycles. The molecular weight excluding hydrogens is 335 g/mol. The molecule has 0 bridgehead atoms. The standard InChI is InChI=1S/C16H28F3N5O/c1-4-6-9-25-10-7-8-21-15(20-5-2)22-11-13-12-24(3)23-14(13)16(17,18)19/h12H,4-11H2,1-3H3,(H2,20,21,22). The monoisotopic (exact) mass is 363 g/mol. The van der Waals surface area contributed by atoms with E-state index in [1.807, 2.05) is 6.92 Å². The minimum absolute atomic E-state index is 0.0510. The molecule has 1 aromatic rings. The molecular formula is C16H28F3N5O. The first kappa shape index (κ1) is 21.3. The van der Waals surface area contributed by atoms with E-state index in [2.05, 4.69) is 27.6 Å². The summed E-state index contributed by atoms with van der Waals surface area (Å²) in [6.45, 7) is 6.58. The minimum atomic E-state index is -4.48. The summed E-state index contributed by atoms with van der Waals surface area (Å²) in [5, 5.41) is 9.60. The van der Waals surface area contributed by atoms with Gasteiger partial charge in [-0.2, -0.15) is 18.3 Å². The van der Waals surface area contributed by atoms with Crippen LogP contribution in [0.4, 0.5) is 13.2 Å². The van der Waals surface area contributed by atoms with E-state index in [-0.39, 0.29) is 12.1 Å². The molecule has 1 heterocycles. The molecule has 9 heteroatoms. The fourth-order valence-corrected chi connectivity index (χ4v) is 2.13. The van der Waals surface area contributed by atoms with Crippen LogP contribution in [0.5, 0.6) is 0 Å². The molecule has 0 saturated carbocycles. The third kappa shape index (κ3) is 8.24. The van der Waals surface area contributed by atoms with Crippen molar-refractivity contribution in [2.75, 3.05) is 26.3 Å². The number of nitrogens with zero attached hydrogens (tertiary/aromatic N) is 3. The summed E-state index contributed by atoms with van der Waals surface area (Å²) < 4.78 is 45.4. The zero-order chi connectivity index (χ0) is 18.7. The van der Waals surface area contributed by atoms with Gasteiger partial charge in [-0.3, -0.25) is 4.68 Å². The molecule has 1 rings (SSSR count). The van der Waals surface area contributed by atoms with E-state index in [0.29, 0.717) is 25.7 Å². The number of hydrogen-bond donors (Lipinski definition) is 2. The van der Waals surface area contributed by atoms with Crippen molar-refractivity contribution >= 4 is 5.96 Å². The van der Waals surface area contributed by atoms with Crippen molar-refractivity contribution in [1.29, 1.82) is 0 Å². The molecule has 6 nitrogen and oxygen atoms in total. The maximum Gasteiger partial charge on any atom is 0.435 e. The second-order valence-corrected chi connectivity index (χ2v) is 5.62. The third-order valence-corrected chi connectivity index (χ3v) is 3.32. The highest BCUT2D eigenvalue weighted by molar-refractivity contribution is 5.79. The Kier molecular flexibility index (Phi) is 9.33. The quantitative estimate of drug-likeness (QED) is 0.381. The summed E-state index contributed by atoms with van der Waals surface area (Å²) >= 11 is 0. The van der Waals surface area contributed by atoms with E-state index in [1.165, 1.54) is 13.2 Å². The van der Waals surface area contributed by atoms with E-state index in [0.717, 1.165) is 30.6 Å². The topological polar surface area (TPSA) is 63.5 Å². The van der Waals surface area contributed by atoms with Crippen molar-refractivity contribution in [3.8, 4) is 0 Å². The first-order valence-corrected chi connectivity index (χ1v) is 8.58. The molecule has 0 aliphatic rings. The third-order valence-electron chi connectivity index (χ3n) is 3.32. The van der Waals surface area contributed by atoms with Gasteiger partial charge in [0.15, 0.2) is 11.7 Å². The van der Waals surface area contributed by atoms with E-state index in [1.54, 1.807) is 0 Å². The Balaban J connectivity index is 2.53. The van der Waals surface area contributed by atoms with Crippen LogP contribution in [0.2, 0.25) is 0 Å². The van der Waals surface area contributed by atoms with E-state index in [9.17, 15) is 13.2 Å². The SMILES string of the molecule is CCCCOCCCNC(=NCc1cn(C)nc1C(F)(F)F)NCC. The normalized spacial score (nSPS) is 12.5. The van der Waals surface area contributed by atoms with Crippen molar-refractivity contribution in [3.63, 3.8) is 0 Å². The maximum absolute atomic E-state index is 12.9. The summed E-state index contributed by atoms with van der Waals surface area (Å²) in [6, 6.07) is 0. The second-order valence-electron chi connectivity index (χ2n) is 5.62. The zero-order valence-corrected chi connectivity index (χ0v) is 15.1. The summed E-state index contributed by atoms with van der Waals surface area (Å²) in [4.78, 5) is 4.22. The number of alkyl halides is 3. The number of aryl methyl sites for hydroxylation is 1. The predicted octanol–water partition coefficient (Wildman–Crippen LogP) is 2.70. The Bertz CT molecular complexity index is 528. The van der Waals surface area contributed by atoms with Gasteiger partial charge >= 0.3 is 6.18 Å². The van der Waals surface area contributed by atoms with Gasteiger partial charge in [-0.15, -0.1) is 0 Å². The van der Waals surface area contributed by atoms with Crippen LogP contribution in [0.1, 0.15) is 44.4 Å².